The van der Waals surface area contributed by atoms with Crippen molar-refractivity contribution in [3.8, 4) is 0 Å². The molecule has 0 aliphatic rings. The Hall–Kier alpha value is -3.36. The van der Waals surface area contributed by atoms with E-state index in [2.05, 4.69) is 0 Å². The van der Waals surface area contributed by atoms with Gasteiger partial charge in [-0.05, 0) is 0 Å². The fourth-order valence-electron chi connectivity index (χ4n) is 0. The fourth-order valence-corrected chi connectivity index (χ4v) is 0. The van der Waals surface area contributed by atoms with E-state index < -0.39 is 30.5 Å². The third-order valence-corrected chi connectivity index (χ3v) is 0. The van der Waals surface area contributed by atoms with E-state index in [0.29, 0.717) is 0 Å². The summed E-state index contributed by atoms with van der Waals surface area (Å²) in [6.45, 7) is 0. The van der Waals surface area contributed by atoms with Gasteiger partial charge >= 0.3 is 65.6 Å². The van der Waals surface area contributed by atoms with Crippen LogP contribution in [0.1, 0.15) is 0 Å². The van der Waals surface area contributed by atoms with Gasteiger partial charge in [-0.25, -0.2) is 0 Å². The second kappa shape index (κ2) is 298. The summed E-state index contributed by atoms with van der Waals surface area (Å²) in [4.78, 5) is 49.5. The van der Waals surface area contributed by atoms with E-state index in [1.165, 1.54) is 0 Å². The molecule has 45 heavy (non-hydrogen) atoms. The molecule has 0 fully saturated rings. The molecule has 0 aromatic carbocycles. The molecule has 0 heterocycles. The van der Waals surface area contributed by atoms with Crippen molar-refractivity contribution in [2.75, 3.05) is 0 Å². The summed E-state index contributed by atoms with van der Waals surface area (Å²) in [5, 5.41) is 88.5. The molecule has 0 aliphatic carbocycles. The van der Waals surface area contributed by atoms with Gasteiger partial charge in [0.05, 0.1) is 30.5 Å². The molecule has 0 aromatic heterocycles. The number of hydrogen-bond donors (Lipinski definition) is 0. The van der Waals surface area contributed by atoms with Crippen molar-refractivity contribution in [2.45, 2.75) is 0 Å². The summed E-state index contributed by atoms with van der Waals surface area (Å²) in [7, 11) is 0. The van der Waals surface area contributed by atoms with Crippen LogP contribution in [0, 0.1) is 91.9 Å². The average molecular weight is 810 g/mol. The van der Waals surface area contributed by atoms with E-state index in [-0.39, 0.29) is 164 Å². The minimum absolute atomic E-state index is 0. The first-order valence-corrected chi connectivity index (χ1v) is 3.29. The van der Waals surface area contributed by atoms with Gasteiger partial charge in [-0.2, -0.15) is 0 Å². The van der Waals surface area contributed by atoms with Gasteiger partial charge in [-0.15, -0.1) is 0 Å². The van der Waals surface area contributed by atoms with E-state index in [1.807, 2.05) is 0 Å². The molecular formula is H36Mg2N6O36Zn. The van der Waals surface area contributed by atoms with Crippen LogP contribution in [0.3, 0.4) is 0 Å². The molecule has 0 rings (SSSR count). The molecule has 288 valence electrons. The summed E-state index contributed by atoms with van der Waals surface area (Å²) in [5.74, 6) is 0. The predicted molar refractivity (Wildman–Crippen MR) is 139 cm³/mol. The molecule has 36 N–H and O–H groups in total. The van der Waals surface area contributed by atoms with Crippen LogP contribution in [-0.2, 0) is 19.5 Å². The van der Waals surface area contributed by atoms with Crippen LogP contribution >= 0.6 is 0 Å². The molecule has 0 amide bonds. The Labute approximate surface area is 286 Å². The molecule has 0 saturated carbocycles. The summed E-state index contributed by atoms with van der Waals surface area (Å²) in [5.41, 5.74) is 0. The Bertz CT molecular complexity index is 275. The van der Waals surface area contributed by atoms with Gasteiger partial charge in [0, 0.05) is 0 Å². The Balaban J connectivity index is -0.00000000316. The van der Waals surface area contributed by atoms with Crippen LogP contribution in [0.15, 0.2) is 0 Å². The molecule has 42 nitrogen and oxygen atoms in total. The first kappa shape index (κ1) is 321. The van der Waals surface area contributed by atoms with Crippen molar-refractivity contribution in [3.63, 3.8) is 0 Å². The normalized spacial score (nSPS) is 3.20. The van der Waals surface area contributed by atoms with Crippen LogP contribution < -0.4 is 0 Å². The maximum Gasteiger partial charge on any atom is 2.00 e. The second-order valence-electron chi connectivity index (χ2n) is 1.34. The predicted octanol–water partition coefficient (Wildman–Crippen LogP) is -17.0. The first-order chi connectivity index (χ1) is 10.4. The smallest absolute Gasteiger partial charge is 0.412 e. The molecule has 0 atom stereocenters. The molecule has 0 spiro atoms. The monoisotopic (exact) mass is 808 g/mol. The van der Waals surface area contributed by atoms with E-state index in [4.69, 9.17) is 91.9 Å². The summed E-state index contributed by atoms with van der Waals surface area (Å²) < 4.78 is 0. The van der Waals surface area contributed by atoms with E-state index in [0.717, 1.165) is 0 Å². The SMILES string of the molecule is O.O.O.O.O.O.O.O.O.O.O.O.O.O.O.O.O.O.O=[N+]([O-])[O-].O=[N+]([O-])[O-].O=[N+]([O-])[O-].O=[N+]([O-])[O-].O=[N+]([O-])[O-].O=[N+]([O-])[O-].[Mg+2].[Mg+2].[Zn+2]. The molecule has 45 heteroatoms. The van der Waals surface area contributed by atoms with Gasteiger partial charge in [0.1, 0.15) is 0 Å². The third-order valence-electron chi connectivity index (χ3n) is 0. The van der Waals surface area contributed by atoms with E-state index in [1.54, 1.807) is 0 Å². The van der Waals surface area contributed by atoms with Crippen molar-refractivity contribution in [1.82, 2.24) is 0 Å². The van der Waals surface area contributed by atoms with E-state index in [9.17, 15) is 0 Å². The van der Waals surface area contributed by atoms with Crippen LogP contribution in [0.4, 0.5) is 0 Å². The van der Waals surface area contributed by atoms with E-state index >= 15 is 0 Å². The molecule has 0 aliphatic heterocycles. The van der Waals surface area contributed by atoms with Crippen LogP contribution in [-0.4, -0.2) is 175 Å². The third kappa shape index (κ3) is 5360. The zero-order valence-electron chi connectivity index (χ0n) is 21.2. The van der Waals surface area contributed by atoms with Gasteiger partial charge < -0.3 is 191 Å². The van der Waals surface area contributed by atoms with Crippen LogP contribution in [0.25, 0.3) is 0 Å². The van der Waals surface area contributed by atoms with Crippen molar-refractivity contribution in [3.05, 3.63) is 91.9 Å². The number of hydrogen-bond acceptors (Lipinski definition) is 18. The summed E-state index contributed by atoms with van der Waals surface area (Å²) >= 11 is 0. The van der Waals surface area contributed by atoms with Gasteiger partial charge in [0.25, 0.3) is 0 Å². The Morgan fingerprint density at radius 3 is 0.200 bits per heavy atom. The second-order valence-corrected chi connectivity index (χ2v) is 1.34. The molecular weight excluding hydrogens is 774 g/mol. The standard InChI is InChI=1S/2Mg.6NO3.18H2O.Zn/c;;6*2-1(3)4;;;;;;;;;;;;;;;;;;;/h;;;;;;;;18*1H2;/q2*+2;6*-1;;;;;;;;;;;;;;;;;;;+2. The molecule has 0 radical (unpaired) electrons. The van der Waals surface area contributed by atoms with Crippen LogP contribution in [0.2, 0.25) is 0 Å². The minimum Gasteiger partial charge on any atom is -0.412 e. The van der Waals surface area contributed by atoms with Gasteiger partial charge in [-0.1, -0.05) is 0 Å². The number of rotatable bonds is 0. The molecule has 0 unspecified atom stereocenters. The number of nitrogens with zero attached hydrogens (tertiary/aromatic N) is 6. The Kier molecular flexibility index (Phi) is 2130. The maximum atomic E-state index is 8.25. The minimum atomic E-state index is -1.75. The molecule has 0 saturated heterocycles. The quantitative estimate of drug-likeness (QED) is 0.124. The van der Waals surface area contributed by atoms with Crippen molar-refractivity contribution >= 4 is 46.1 Å². The van der Waals surface area contributed by atoms with Gasteiger partial charge in [0.2, 0.25) is 0 Å². The van der Waals surface area contributed by atoms with Crippen molar-refractivity contribution < 1.29 is 149 Å². The fraction of sp³-hybridized carbons (Fsp3) is 0. The Morgan fingerprint density at radius 2 is 0.200 bits per heavy atom. The zero-order valence-corrected chi connectivity index (χ0v) is 26.9. The average Bonchev–Trinajstić information content (AvgIpc) is 2.08. The van der Waals surface area contributed by atoms with Crippen molar-refractivity contribution in [1.29, 1.82) is 0 Å². The largest absolute Gasteiger partial charge is 2.00 e. The maximum absolute atomic E-state index is 8.25. The zero-order chi connectivity index (χ0) is 21.5. The van der Waals surface area contributed by atoms with Gasteiger partial charge in [-0.3, -0.25) is 0 Å². The topological polar surface area (TPSA) is 964 Å². The van der Waals surface area contributed by atoms with Gasteiger partial charge in [0.15, 0.2) is 0 Å². The van der Waals surface area contributed by atoms with Crippen LogP contribution in [0.5, 0.6) is 0 Å². The molecule has 0 aromatic rings. The van der Waals surface area contributed by atoms with Crippen molar-refractivity contribution in [2.24, 2.45) is 0 Å². The Morgan fingerprint density at radius 1 is 0.200 bits per heavy atom. The molecule has 0 bridgehead atoms. The first-order valence-electron chi connectivity index (χ1n) is 3.29. The summed E-state index contributed by atoms with van der Waals surface area (Å²) in [6.07, 6.45) is 0. The summed E-state index contributed by atoms with van der Waals surface area (Å²) in [6, 6.07) is 0.